The molecule has 17 heavy (non-hydrogen) atoms. The third kappa shape index (κ3) is 2.48. The van der Waals surface area contributed by atoms with Crippen molar-refractivity contribution in [3.8, 4) is 0 Å². The van der Waals surface area contributed by atoms with E-state index in [4.69, 9.17) is 0 Å². The standard InChI is InChI=1S/C14H21NO2/c1-10(16)14(5,6)11-8-7-9-15(12(11)17)13(2,3)4/h7-9H,1-6H3. The molecule has 3 nitrogen and oxygen atoms in total. The average molecular weight is 235 g/mol. The van der Waals surface area contributed by atoms with E-state index in [0.717, 1.165) is 0 Å². The summed E-state index contributed by atoms with van der Waals surface area (Å²) in [4.78, 5) is 24.0. The zero-order valence-electron chi connectivity index (χ0n) is 11.5. The molecule has 0 fully saturated rings. The van der Waals surface area contributed by atoms with E-state index in [1.807, 2.05) is 26.8 Å². The van der Waals surface area contributed by atoms with Gasteiger partial charge >= 0.3 is 0 Å². The Balaban J connectivity index is 3.51. The predicted molar refractivity (Wildman–Crippen MR) is 69.4 cm³/mol. The summed E-state index contributed by atoms with van der Waals surface area (Å²) in [6.07, 6.45) is 1.77. The molecule has 0 bridgehead atoms. The van der Waals surface area contributed by atoms with Crippen molar-refractivity contribution >= 4 is 5.78 Å². The van der Waals surface area contributed by atoms with Gasteiger partial charge in [-0.15, -0.1) is 0 Å². The van der Waals surface area contributed by atoms with Crippen LogP contribution in [0.5, 0.6) is 0 Å². The zero-order chi connectivity index (χ0) is 13.4. The molecule has 1 aromatic heterocycles. The lowest BCUT2D eigenvalue weighted by molar-refractivity contribution is -0.121. The van der Waals surface area contributed by atoms with E-state index < -0.39 is 5.41 Å². The van der Waals surface area contributed by atoms with E-state index in [0.29, 0.717) is 5.56 Å². The van der Waals surface area contributed by atoms with Crippen molar-refractivity contribution < 1.29 is 4.79 Å². The molecular formula is C14H21NO2. The minimum Gasteiger partial charge on any atom is -0.310 e. The number of nitrogens with zero attached hydrogens (tertiary/aromatic N) is 1. The minimum absolute atomic E-state index is 0.00117. The first-order chi connectivity index (χ1) is 7.58. The second kappa shape index (κ2) is 4.13. The highest BCUT2D eigenvalue weighted by molar-refractivity contribution is 5.86. The van der Waals surface area contributed by atoms with Crippen LogP contribution in [0.25, 0.3) is 0 Å². The molecule has 0 unspecified atom stereocenters. The highest BCUT2D eigenvalue weighted by Crippen LogP contribution is 2.22. The molecule has 0 aromatic carbocycles. The second-order valence-corrected chi connectivity index (χ2v) is 5.95. The maximum atomic E-state index is 12.4. The molecule has 0 aliphatic heterocycles. The van der Waals surface area contributed by atoms with Crippen LogP contribution in [0, 0.1) is 0 Å². The number of carbonyl (C=O) groups excluding carboxylic acids is 1. The lowest BCUT2D eigenvalue weighted by Crippen LogP contribution is -2.40. The average Bonchev–Trinajstić information content (AvgIpc) is 2.15. The summed E-state index contributed by atoms with van der Waals surface area (Å²) in [6.45, 7) is 11.0. The van der Waals surface area contributed by atoms with E-state index in [9.17, 15) is 9.59 Å². The molecule has 94 valence electrons. The summed E-state index contributed by atoms with van der Waals surface area (Å²) in [7, 11) is 0. The Bertz CT molecular complexity index is 490. The third-order valence-corrected chi connectivity index (χ3v) is 3.22. The first kappa shape index (κ1) is 13.7. The molecule has 0 radical (unpaired) electrons. The van der Waals surface area contributed by atoms with E-state index in [1.165, 1.54) is 6.92 Å². The van der Waals surface area contributed by atoms with Gasteiger partial charge in [-0.2, -0.15) is 0 Å². The summed E-state index contributed by atoms with van der Waals surface area (Å²) >= 11 is 0. The smallest absolute Gasteiger partial charge is 0.255 e. The summed E-state index contributed by atoms with van der Waals surface area (Å²) in [5.74, 6) is 0.00117. The van der Waals surface area contributed by atoms with Crippen LogP contribution in [-0.4, -0.2) is 10.4 Å². The summed E-state index contributed by atoms with van der Waals surface area (Å²) in [5.41, 5.74) is -0.534. The predicted octanol–water partition coefficient (Wildman–Crippen LogP) is 2.47. The summed E-state index contributed by atoms with van der Waals surface area (Å²) in [5, 5.41) is 0. The Kier molecular flexibility index (Phi) is 3.33. The van der Waals surface area contributed by atoms with Crippen LogP contribution in [0.1, 0.15) is 47.1 Å². The Hall–Kier alpha value is -1.38. The van der Waals surface area contributed by atoms with Gasteiger partial charge in [-0.3, -0.25) is 9.59 Å². The topological polar surface area (TPSA) is 39.1 Å². The molecule has 1 rings (SSSR count). The van der Waals surface area contributed by atoms with Gasteiger partial charge < -0.3 is 4.57 Å². The first-order valence-corrected chi connectivity index (χ1v) is 5.82. The van der Waals surface area contributed by atoms with Crippen LogP contribution in [-0.2, 0) is 15.7 Å². The van der Waals surface area contributed by atoms with Gasteiger partial charge in [0.15, 0.2) is 0 Å². The quantitative estimate of drug-likeness (QED) is 0.790. The number of ketones is 1. The number of hydrogen-bond acceptors (Lipinski definition) is 2. The van der Waals surface area contributed by atoms with Crippen LogP contribution in [0.2, 0.25) is 0 Å². The lowest BCUT2D eigenvalue weighted by Gasteiger charge is -2.26. The highest BCUT2D eigenvalue weighted by atomic mass is 16.1. The van der Waals surface area contributed by atoms with Gasteiger partial charge in [-0.05, 0) is 47.6 Å². The molecule has 0 aliphatic carbocycles. The number of rotatable bonds is 2. The number of Topliss-reactive ketones (excluding diaryl/α,β-unsaturated/α-hetero) is 1. The fourth-order valence-electron chi connectivity index (χ4n) is 1.69. The molecule has 0 N–H and O–H groups in total. The Morgan fingerprint density at radius 1 is 1.18 bits per heavy atom. The van der Waals surface area contributed by atoms with Crippen molar-refractivity contribution in [1.29, 1.82) is 0 Å². The molecule has 0 spiro atoms. The van der Waals surface area contributed by atoms with E-state index in [1.54, 1.807) is 30.7 Å². The van der Waals surface area contributed by atoms with Crippen LogP contribution < -0.4 is 5.56 Å². The fourth-order valence-corrected chi connectivity index (χ4v) is 1.69. The van der Waals surface area contributed by atoms with Crippen molar-refractivity contribution in [2.45, 2.75) is 52.5 Å². The molecule has 3 heteroatoms. The summed E-state index contributed by atoms with van der Waals surface area (Å²) in [6, 6.07) is 3.57. The molecule has 0 aliphatic rings. The van der Waals surface area contributed by atoms with Gasteiger partial charge in [-0.1, -0.05) is 6.07 Å². The van der Waals surface area contributed by atoms with Gasteiger partial charge in [0, 0.05) is 17.3 Å². The van der Waals surface area contributed by atoms with Crippen molar-refractivity contribution in [3.05, 3.63) is 34.2 Å². The first-order valence-electron chi connectivity index (χ1n) is 5.82. The molecule has 1 heterocycles. The van der Waals surface area contributed by atoms with Crippen molar-refractivity contribution in [2.75, 3.05) is 0 Å². The van der Waals surface area contributed by atoms with Gasteiger partial charge in [0.2, 0.25) is 0 Å². The van der Waals surface area contributed by atoms with Crippen molar-refractivity contribution in [2.24, 2.45) is 0 Å². The van der Waals surface area contributed by atoms with Gasteiger partial charge in [0.25, 0.3) is 5.56 Å². The number of pyridine rings is 1. The molecule has 0 saturated carbocycles. The fraction of sp³-hybridized carbons (Fsp3) is 0.571. The SMILES string of the molecule is CC(=O)C(C)(C)c1cccn(C(C)(C)C)c1=O. The zero-order valence-corrected chi connectivity index (χ0v) is 11.5. The van der Waals surface area contributed by atoms with Crippen LogP contribution in [0.15, 0.2) is 23.1 Å². The summed E-state index contributed by atoms with van der Waals surface area (Å²) < 4.78 is 1.67. The molecular weight excluding hydrogens is 214 g/mol. The second-order valence-electron chi connectivity index (χ2n) is 5.95. The van der Waals surface area contributed by atoms with Crippen molar-refractivity contribution in [3.63, 3.8) is 0 Å². The van der Waals surface area contributed by atoms with E-state index in [2.05, 4.69) is 0 Å². The Morgan fingerprint density at radius 3 is 2.12 bits per heavy atom. The number of hydrogen-bond donors (Lipinski definition) is 0. The monoisotopic (exact) mass is 235 g/mol. The van der Waals surface area contributed by atoms with Crippen LogP contribution >= 0.6 is 0 Å². The number of aromatic nitrogens is 1. The molecule has 0 amide bonds. The maximum absolute atomic E-state index is 12.4. The highest BCUT2D eigenvalue weighted by Gasteiger charge is 2.30. The third-order valence-electron chi connectivity index (χ3n) is 3.22. The lowest BCUT2D eigenvalue weighted by atomic mass is 9.82. The van der Waals surface area contributed by atoms with Crippen LogP contribution in [0.3, 0.4) is 0 Å². The normalized spacial score (nSPS) is 12.6. The van der Waals surface area contributed by atoms with Gasteiger partial charge in [0.05, 0.1) is 5.41 Å². The number of carbonyl (C=O) groups is 1. The van der Waals surface area contributed by atoms with Crippen molar-refractivity contribution in [1.82, 2.24) is 4.57 Å². The van der Waals surface area contributed by atoms with E-state index >= 15 is 0 Å². The van der Waals surface area contributed by atoms with Gasteiger partial charge in [0.1, 0.15) is 5.78 Å². The van der Waals surface area contributed by atoms with E-state index in [-0.39, 0.29) is 16.9 Å². The Labute approximate surface area is 102 Å². The molecule has 1 aromatic rings. The largest absolute Gasteiger partial charge is 0.310 e. The molecule has 0 saturated heterocycles. The molecule has 0 atom stereocenters. The van der Waals surface area contributed by atoms with Gasteiger partial charge in [-0.25, -0.2) is 0 Å². The Morgan fingerprint density at radius 2 is 1.71 bits per heavy atom. The van der Waals surface area contributed by atoms with Crippen LogP contribution in [0.4, 0.5) is 0 Å². The maximum Gasteiger partial charge on any atom is 0.255 e. The minimum atomic E-state index is -0.731.